The second-order valence-electron chi connectivity index (χ2n) is 2.80. The Hall–Kier alpha value is -2.80. The molecule has 1 aromatic rings. The van der Waals surface area contributed by atoms with E-state index in [0.717, 1.165) is 12.2 Å². The number of rotatable bonds is 4. The Morgan fingerprint density at radius 1 is 1.00 bits per heavy atom. The molecule has 1 aromatic carbocycles. The Kier molecular flexibility index (Phi) is 7.89. The van der Waals surface area contributed by atoms with Gasteiger partial charge in [-0.3, -0.25) is 9.78 Å². The highest BCUT2D eigenvalue weighted by molar-refractivity contribution is 5.81. The van der Waals surface area contributed by atoms with Crippen LogP contribution in [0, 0.1) is 0 Å². The molecule has 0 fully saturated rings. The maximum absolute atomic E-state index is 10.2. The monoisotopic (exact) mass is 268 g/mol. The Morgan fingerprint density at radius 3 is 1.68 bits per heavy atom. The first-order valence-corrected chi connectivity index (χ1v) is 4.81. The quantitative estimate of drug-likeness (QED) is 0.483. The number of hydrogen-bond acceptors (Lipinski definition) is 7. The second-order valence-corrected chi connectivity index (χ2v) is 2.80. The molecule has 7 heteroatoms. The summed E-state index contributed by atoms with van der Waals surface area (Å²) in [6.45, 7) is 6.13. The van der Waals surface area contributed by atoms with Gasteiger partial charge in [-0.15, -0.1) is 0 Å². The van der Waals surface area contributed by atoms with Gasteiger partial charge >= 0.3 is 11.9 Å². The third-order valence-electron chi connectivity index (χ3n) is 1.40. The summed E-state index contributed by atoms with van der Waals surface area (Å²) in [5, 5.41) is 21.0. The van der Waals surface area contributed by atoms with Gasteiger partial charge < -0.3 is 10.2 Å². The van der Waals surface area contributed by atoms with Crippen molar-refractivity contribution in [2.75, 3.05) is 0 Å². The van der Waals surface area contributed by atoms with Crippen molar-refractivity contribution in [3.63, 3.8) is 0 Å². The number of aromatic hydroxyl groups is 2. The Labute approximate surface area is 108 Å². The van der Waals surface area contributed by atoms with Crippen molar-refractivity contribution in [2.24, 2.45) is 0 Å². The lowest BCUT2D eigenvalue weighted by Gasteiger charge is -1.95. The zero-order valence-electron chi connectivity index (χ0n) is 9.81. The molecule has 0 heterocycles. The maximum atomic E-state index is 10.2. The molecule has 102 valence electrons. The van der Waals surface area contributed by atoms with Crippen LogP contribution in [0.4, 0.5) is 0 Å². The van der Waals surface area contributed by atoms with Crippen LogP contribution in [0.25, 0.3) is 0 Å². The van der Waals surface area contributed by atoms with Gasteiger partial charge in [0.2, 0.25) is 0 Å². The Morgan fingerprint density at radius 2 is 1.42 bits per heavy atom. The summed E-state index contributed by atoms with van der Waals surface area (Å²) in [7, 11) is 0. The van der Waals surface area contributed by atoms with Crippen LogP contribution in [0.2, 0.25) is 0 Å². The van der Waals surface area contributed by atoms with Crippen LogP contribution >= 0.6 is 0 Å². The second kappa shape index (κ2) is 9.25. The average Bonchev–Trinajstić information content (AvgIpc) is 2.38. The number of phenols is 2. The summed E-state index contributed by atoms with van der Waals surface area (Å²) < 4.78 is 0. The van der Waals surface area contributed by atoms with Gasteiger partial charge in [-0.25, -0.2) is 9.59 Å². The molecule has 0 radical (unpaired) electrons. The maximum Gasteiger partial charge on any atom is 0.369 e. The summed E-state index contributed by atoms with van der Waals surface area (Å²) in [5.74, 6) is -1.54. The molecule has 1 rings (SSSR count). The highest BCUT2D eigenvalue weighted by Gasteiger charge is 2.00. The van der Waals surface area contributed by atoms with Gasteiger partial charge in [0.15, 0.2) is 0 Å². The zero-order valence-corrected chi connectivity index (χ0v) is 9.81. The molecular formula is C12H12O7. The van der Waals surface area contributed by atoms with Gasteiger partial charge in [0.05, 0.1) is 0 Å². The minimum Gasteiger partial charge on any atom is -0.508 e. The number of benzene rings is 1. The molecule has 0 aliphatic heterocycles. The van der Waals surface area contributed by atoms with Crippen LogP contribution in [-0.4, -0.2) is 22.2 Å². The van der Waals surface area contributed by atoms with E-state index in [0.29, 0.717) is 0 Å². The van der Waals surface area contributed by atoms with E-state index in [4.69, 9.17) is 10.2 Å². The molecule has 0 aliphatic rings. The Bertz CT molecular complexity index is 416. The number of carbonyl (C=O) groups is 2. The zero-order chi connectivity index (χ0) is 14.7. The highest BCUT2D eigenvalue weighted by atomic mass is 17.5. The van der Waals surface area contributed by atoms with Crippen LogP contribution < -0.4 is 0 Å². The van der Waals surface area contributed by atoms with Crippen molar-refractivity contribution in [1.82, 2.24) is 0 Å². The molecule has 0 aliphatic carbocycles. The van der Waals surface area contributed by atoms with E-state index in [1.54, 1.807) is 6.07 Å². The van der Waals surface area contributed by atoms with Gasteiger partial charge in [-0.1, -0.05) is 19.2 Å². The summed E-state index contributed by atoms with van der Waals surface area (Å²) in [5.41, 5.74) is 0. The lowest BCUT2D eigenvalue weighted by atomic mass is 10.3. The lowest BCUT2D eigenvalue weighted by Crippen LogP contribution is -2.06. The van der Waals surface area contributed by atoms with Crippen LogP contribution in [0.1, 0.15) is 0 Å². The van der Waals surface area contributed by atoms with Crippen molar-refractivity contribution in [2.45, 2.75) is 0 Å². The summed E-state index contributed by atoms with van der Waals surface area (Å²) in [4.78, 5) is 28.0. The first kappa shape index (κ1) is 16.2. The van der Waals surface area contributed by atoms with Crippen LogP contribution in [-0.2, 0) is 24.4 Å². The minimum atomic E-state index is -0.859. The van der Waals surface area contributed by atoms with Gasteiger partial charge in [0, 0.05) is 23.3 Å². The minimum absolute atomic E-state index is 0.0880. The number of carbonyl (C=O) groups excluding carboxylic acids is 2. The van der Waals surface area contributed by atoms with E-state index in [2.05, 4.69) is 28.0 Å². The van der Waals surface area contributed by atoms with Crippen molar-refractivity contribution in [3.05, 3.63) is 49.6 Å². The smallest absolute Gasteiger partial charge is 0.369 e. The van der Waals surface area contributed by atoms with E-state index in [1.165, 1.54) is 18.2 Å². The standard InChI is InChI=1S/C6H6O5.C6H6O2/c1-3-5(7)9-11-10-6(8)4-2;7-5-2-1-3-6(8)4-5/h3-4H,1-2H2;1-4,7-8H. The van der Waals surface area contributed by atoms with Crippen molar-refractivity contribution >= 4 is 11.9 Å². The van der Waals surface area contributed by atoms with Gasteiger partial charge in [0.1, 0.15) is 11.5 Å². The molecule has 7 nitrogen and oxygen atoms in total. The van der Waals surface area contributed by atoms with E-state index in [-0.39, 0.29) is 11.5 Å². The van der Waals surface area contributed by atoms with E-state index in [1.807, 2.05) is 0 Å². The van der Waals surface area contributed by atoms with Gasteiger partial charge in [-0.2, -0.15) is 0 Å². The molecule has 0 saturated carbocycles. The average molecular weight is 268 g/mol. The largest absolute Gasteiger partial charge is 0.508 e. The van der Waals surface area contributed by atoms with Gasteiger partial charge in [0.25, 0.3) is 0 Å². The Balaban J connectivity index is 0.000000356. The molecule has 2 N–H and O–H groups in total. The van der Waals surface area contributed by atoms with Crippen molar-refractivity contribution in [1.29, 1.82) is 0 Å². The summed E-state index contributed by atoms with van der Waals surface area (Å²) >= 11 is 0. The topological polar surface area (TPSA) is 102 Å². The fourth-order valence-corrected chi connectivity index (χ4v) is 0.645. The summed E-state index contributed by atoms with van der Waals surface area (Å²) in [6.07, 6.45) is 1.70. The van der Waals surface area contributed by atoms with E-state index < -0.39 is 11.9 Å². The normalized spacial score (nSPS) is 8.42. The van der Waals surface area contributed by atoms with Crippen LogP contribution in [0.15, 0.2) is 49.6 Å². The van der Waals surface area contributed by atoms with E-state index in [9.17, 15) is 9.59 Å². The molecule has 0 atom stereocenters. The molecule has 0 bridgehead atoms. The number of hydrogen-bond donors (Lipinski definition) is 2. The molecule has 0 saturated heterocycles. The molecule has 0 amide bonds. The lowest BCUT2D eigenvalue weighted by molar-refractivity contribution is -0.455. The van der Waals surface area contributed by atoms with Gasteiger partial charge in [-0.05, 0) is 12.1 Å². The predicted octanol–water partition coefficient (Wildman–Crippen LogP) is 1.39. The van der Waals surface area contributed by atoms with Crippen LogP contribution in [0.5, 0.6) is 11.5 Å². The molecule has 0 aromatic heterocycles. The fourth-order valence-electron chi connectivity index (χ4n) is 0.645. The fraction of sp³-hybridized carbons (Fsp3) is 0. The first-order chi connectivity index (χ1) is 8.99. The third-order valence-corrected chi connectivity index (χ3v) is 1.40. The molecule has 0 spiro atoms. The molecule has 19 heavy (non-hydrogen) atoms. The first-order valence-electron chi connectivity index (χ1n) is 4.81. The number of phenolic OH excluding ortho intramolecular Hbond substituents is 2. The van der Waals surface area contributed by atoms with Crippen LogP contribution in [0.3, 0.4) is 0 Å². The van der Waals surface area contributed by atoms with E-state index >= 15 is 0 Å². The molecular weight excluding hydrogens is 256 g/mol. The summed E-state index contributed by atoms with van der Waals surface area (Å²) in [6, 6.07) is 5.85. The SMILES string of the molecule is C=CC(=O)OOOC(=O)C=C.Oc1cccc(O)c1. The molecule has 0 unspecified atom stereocenters. The van der Waals surface area contributed by atoms with Crippen molar-refractivity contribution < 1.29 is 34.6 Å². The van der Waals surface area contributed by atoms with Crippen molar-refractivity contribution in [3.8, 4) is 11.5 Å². The highest BCUT2D eigenvalue weighted by Crippen LogP contribution is 2.14. The predicted molar refractivity (Wildman–Crippen MR) is 63.4 cm³/mol. The third kappa shape index (κ3) is 8.95.